The molecule has 2 N–H and O–H groups in total. The summed E-state index contributed by atoms with van der Waals surface area (Å²) in [6, 6.07) is 14.4. The van der Waals surface area contributed by atoms with E-state index in [0.29, 0.717) is 35.9 Å². The van der Waals surface area contributed by atoms with Crippen LogP contribution in [0.2, 0.25) is 0 Å². The third kappa shape index (κ3) is 4.48. The first kappa shape index (κ1) is 24.4. The van der Waals surface area contributed by atoms with Crippen LogP contribution in [0.25, 0.3) is 22.5 Å². The molecule has 2 aliphatic rings. The Morgan fingerprint density at radius 1 is 1.08 bits per heavy atom. The molecule has 0 bridgehead atoms. The number of nitrogens with one attached hydrogen (secondary N) is 1. The Balaban J connectivity index is 1.29. The average molecular weight is 513 g/mol. The molecule has 2 atom stereocenters. The van der Waals surface area contributed by atoms with E-state index in [0.717, 1.165) is 47.2 Å². The Morgan fingerprint density at radius 2 is 1.95 bits per heavy atom. The fourth-order valence-electron chi connectivity index (χ4n) is 5.52. The fourth-order valence-corrected chi connectivity index (χ4v) is 5.52. The van der Waals surface area contributed by atoms with Crippen LogP contribution in [0.3, 0.4) is 0 Å². The molecule has 1 fully saturated rings. The van der Waals surface area contributed by atoms with Crippen LogP contribution in [-0.4, -0.2) is 42.9 Å². The second-order valence-corrected chi connectivity index (χ2v) is 10.2. The van der Waals surface area contributed by atoms with Crippen LogP contribution in [-0.2, 0) is 20.1 Å². The van der Waals surface area contributed by atoms with Gasteiger partial charge in [0.2, 0.25) is 0 Å². The summed E-state index contributed by atoms with van der Waals surface area (Å²) in [5.74, 6) is 0.669. The Labute approximate surface area is 220 Å². The first-order valence-corrected chi connectivity index (χ1v) is 12.9. The summed E-state index contributed by atoms with van der Waals surface area (Å²) in [6.07, 6.45) is 4.09. The number of fused-ring (bicyclic) bond motifs is 1. The van der Waals surface area contributed by atoms with Crippen molar-refractivity contribution < 1.29 is 14.3 Å². The van der Waals surface area contributed by atoms with Crippen molar-refractivity contribution >= 4 is 11.7 Å². The quantitative estimate of drug-likeness (QED) is 0.403. The number of anilines is 1. The number of nitrogens with zero attached hydrogens (tertiary/aromatic N) is 5. The highest BCUT2D eigenvalue weighted by atomic mass is 19.1. The maximum absolute atomic E-state index is 14.2. The maximum Gasteiger partial charge on any atom is 0.260 e. The van der Waals surface area contributed by atoms with E-state index in [1.807, 2.05) is 44.3 Å². The lowest BCUT2D eigenvalue weighted by Gasteiger charge is -2.19. The Kier molecular flexibility index (Phi) is 6.25. The smallest absolute Gasteiger partial charge is 0.260 e. The summed E-state index contributed by atoms with van der Waals surface area (Å²) < 4.78 is 15.9. The number of aromatic nitrogens is 4. The molecule has 1 saturated carbocycles. The number of aliphatic hydroxyl groups is 1. The van der Waals surface area contributed by atoms with E-state index in [2.05, 4.69) is 20.5 Å². The third-order valence-electron chi connectivity index (χ3n) is 7.48. The molecule has 1 amide bonds. The summed E-state index contributed by atoms with van der Waals surface area (Å²) >= 11 is 0. The maximum atomic E-state index is 14.2. The third-order valence-corrected chi connectivity index (χ3v) is 7.48. The molecule has 0 unspecified atom stereocenters. The lowest BCUT2D eigenvalue weighted by Crippen LogP contribution is -2.35. The van der Waals surface area contributed by atoms with E-state index < -0.39 is 0 Å². The summed E-state index contributed by atoms with van der Waals surface area (Å²) in [6.45, 7) is 2.96. The summed E-state index contributed by atoms with van der Waals surface area (Å²) in [4.78, 5) is 19.9. The van der Waals surface area contributed by atoms with Crippen molar-refractivity contribution in [1.29, 1.82) is 0 Å². The predicted octanol–water partition coefficient (Wildman–Crippen LogP) is 4.16. The van der Waals surface area contributed by atoms with Crippen LogP contribution in [0.4, 0.5) is 10.2 Å². The summed E-state index contributed by atoms with van der Waals surface area (Å²) in [7, 11) is 1.81. The van der Waals surface area contributed by atoms with Gasteiger partial charge in [-0.15, -0.1) is 10.2 Å². The van der Waals surface area contributed by atoms with Crippen LogP contribution in [0.5, 0.6) is 0 Å². The number of benzene rings is 2. The normalized spacial score (nSPS) is 18.8. The highest BCUT2D eigenvalue weighted by molar-refractivity contribution is 6.10. The standard InChI is InChI=1S/C29H29FN6O2/c1-17-10-18(14-31-25-4-3-5-26(25)37)11-27(33-17)36-15-20-7-6-19(12-23(20)29(36)38)22-9-8-21(30)13-24(22)28-34-32-16-35(28)2/h6-13,16,25-26,31,37H,3-5,14-15H2,1-2H3/t25-,26-/m1/s1. The van der Waals surface area contributed by atoms with Gasteiger partial charge in [0.1, 0.15) is 18.0 Å². The lowest BCUT2D eigenvalue weighted by molar-refractivity contribution is 0.0996. The number of rotatable bonds is 6. The van der Waals surface area contributed by atoms with Gasteiger partial charge in [0, 0.05) is 36.5 Å². The SMILES string of the molecule is Cc1cc(CN[C@@H]2CCC[C@H]2O)cc(N2Cc3ccc(-c4ccc(F)cc4-c4nncn4C)cc3C2=O)n1. The first-order valence-electron chi connectivity index (χ1n) is 12.9. The molecule has 6 rings (SSSR count). The molecular weight excluding hydrogens is 483 g/mol. The Hall–Kier alpha value is -3.95. The van der Waals surface area contributed by atoms with Crippen molar-refractivity contribution in [2.75, 3.05) is 4.90 Å². The van der Waals surface area contributed by atoms with Gasteiger partial charge in [0.15, 0.2) is 5.82 Å². The van der Waals surface area contributed by atoms with Crippen LogP contribution in [0.1, 0.15) is 46.4 Å². The van der Waals surface area contributed by atoms with Crippen molar-refractivity contribution in [3.05, 3.63) is 83.1 Å². The number of aliphatic hydroxyl groups excluding tert-OH is 1. The van der Waals surface area contributed by atoms with Gasteiger partial charge in [-0.05, 0) is 78.8 Å². The van der Waals surface area contributed by atoms with Crippen LogP contribution < -0.4 is 10.2 Å². The zero-order valence-electron chi connectivity index (χ0n) is 21.4. The van der Waals surface area contributed by atoms with Gasteiger partial charge >= 0.3 is 0 Å². The first-order chi connectivity index (χ1) is 18.4. The number of hydrogen-bond donors (Lipinski definition) is 2. The molecule has 0 spiro atoms. The molecule has 4 aromatic rings. The van der Waals surface area contributed by atoms with E-state index >= 15 is 0 Å². The second kappa shape index (κ2) is 9.74. The average Bonchev–Trinajstić information content (AvgIpc) is 3.61. The van der Waals surface area contributed by atoms with Crippen molar-refractivity contribution in [1.82, 2.24) is 25.1 Å². The fraction of sp³-hybridized carbons (Fsp3) is 0.310. The molecule has 38 heavy (non-hydrogen) atoms. The molecule has 3 heterocycles. The van der Waals surface area contributed by atoms with E-state index in [1.54, 1.807) is 21.9 Å². The van der Waals surface area contributed by atoms with Crippen LogP contribution in [0.15, 0.2) is 54.9 Å². The Morgan fingerprint density at radius 3 is 2.71 bits per heavy atom. The zero-order chi connectivity index (χ0) is 26.4. The van der Waals surface area contributed by atoms with Gasteiger partial charge in [-0.1, -0.05) is 18.2 Å². The van der Waals surface area contributed by atoms with Crippen molar-refractivity contribution in [3.63, 3.8) is 0 Å². The van der Waals surface area contributed by atoms with Crippen molar-refractivity contribution in [3.8, 4) is 22.5 Å². The molecular formula is C29H29FN6O2. The minimum atomic E-state index is -0.367. The summed E-state index contributed by atoms with van der Waals surface area (Å²) in [5, 5.41) is 21.7. The van der Waals surface area contributed by atoms with E-state index in [1.165, 1.54) is 12.1 Å². The van der Waals surface area contributed by atoms with Crippen LogP contribution >= 0.6 is 0 Å². The molecule has 0 saturated heterocycles. The molecule has 0 radical (unpaired) electrons. The van der Waals surface area contributed by atoms with Crippen LogP contribution in [0, 0.1) is 12.7 Å². The molecule has 194 valence electrons. The second-order valence-electron chi connectivity index (χ2n) is 10.2. The van der Waals surface area contributed by atoms with Gasteiger partial charge in [-0.3, -0.25) is 9.69 Å². The lowest BCUT2D eigenvalue weighted by atomic mass is 9.96. The number of halogens is 1. The van der Waals surface area contributed by atoms with Gasteiger partial charge < -0.3 is 15.0 Å². The van der Waals surface area contributed by atoms with Gasteiger partial charge in [-0.25, -0.2) is 9.37 Å². The number of amides is 1. The molecule has 2 aromatic carbocycles. The number of aryl methyl sites for hydroxylation is 2. The summed E-state index contributed by atoms with van der Waals surface area (Å²) in [5.41, 5.74) is 5.55. The molecule has 8 nitrogen and oxygen atoms in total. The monoisotopic (exact) mass is 512 g/mol. The zero-order valence-corrected chi connectivity index (χ0v) is 21.4. The van der Waals surface area contributed by atoms with E-state index in [9.17, 15) is 14.3 Å². The molecule has 1 aliphatic heterocycles. The highest BCUT2D eigenvalue weighted by Gasteiger charge is 2.31. The van der Waals surface area contributed by atoms with Crippen molar-refractivity contribution in [2.24, 2.45) is 7.05 Å². The number of pyridine rings is 1. The van der Waals surface area contributed by atoms with Gasteiger partial charge in [0.25, 0.3) is 5.91 Å². The minimum Gasteiger partial charge on any atom is -0.392 e. The van der Waals surface area contributed by atoms with Gasteiger partial charge in [0.05, 0.1) is 12.6 Å². The largest absolute Gasteiger partial charge is 0.392 e. The molecule has 1 aliphatic carbocycles. The van der Waals surface area contributed by atoms with E-state index in [-0.39, 0.29) is 23.9 Å². The topological polar surface area (TPSA) is 96.2 Å². The molecule has 2 aromatic heterocycles. The number of carbonyl (C=O) groups excluding carboxylic acids is 1. The molecule has 9 heteroatoms. The number of hydrogen-bond acceptors (Lipinski definition) is 6. The van der Waals surface area contributed by atoms with Gasteiger partial charge in [-0.2, -0.15) is 0 Å². The predicted molar refractivity (Wildman–Crippen MR) is 142 cm³/mol. The minimum absolute atomic E-state index is 0.0981. The highest BCUT2D eigenvalue weighted by Crippen LogP contribution is 2.35. The number of carbonyl (C=O) groups is 1. The Bertz CT molecular complexity index is 1530. The van der Waals surface area contributed by atoms with Crippen molar-refractivity contribution in [2.45, 2.75) is 51.4 Å². The van der Waals surface area contributed by atoms with E-state index in [4.69, 9.17) is 0 Å².